The summed E-state index contributed by atoms with van der Waals surface area (Å²) in [7, 11) is 0. The topological polar surface area (TPSA) is 71.3 Å². The molecule has 5 heteroatoms. The molecule has 0 radical (unpaired) electrons. The molecule has 1 unspecified atom stereocenters. The molecule has 1 aromatic heterocycles. The minimum atomic E-state index is -0.468. The van der Waals surface area contributed by atoms with Crippen molar-refractivity contribution in [2.45, 2.75) is 58.6 Å². The predicted octanol–water partition coefficient (Wildman–Crippen LogP) is 4.94. The van der Waals surface area contributed by atoms with Crippen molar-refractivity contribution in [1.82, 2.24) is 9.88 Å². The number of nitrogen functional groups attached to an aromatic ring is 1. The average molecular weight is 355 g/mol. The smallest absolute Gasteiger partial charge is 0.410 e. The highest BCUT2D eigenvalue weighted by atomic mass is 16.6. The van der Waals surface area contributed by atoms with Crippen molar-refractivity contribution in [1.29, 1.82) is 0 Å². The Bertz CT molecular complexity index is 829. The quantitative estimate of drug-likeness (QED) is 0.766. The molecule has 1 aliphatic carbocycles. The Kier molecular flexibility index (Phi) is 4.99. The SMILES string of the molecule is CCN(C(=O)OC(C)(C)C)C1CC=C(c2c[nH]c3ccc(N)cc23)CC1. The highest BCUT2D eigenvalue weighted by Crippen LogP contribution is 2.34. The molecule has 1 atom stereocenters. The number of carbonyl (C=O) groups excluding carboxylic acids is 1. The van der Waals surface area contributed by atoms with Gasteiger partial charge in [0, 0.05) is 40.9 Å². The molecule has 3 N–H and O–H groups in total. The van der Waals surface area contributed by atoms with Crippen molar-refractivity contribution in [2.24, 2.45) is 0 Å². The fraction of sp³-hybridized carbons (Fsp3) is 0.476. The number of nitrogens with one attached hydrogen (secondary N) is 1. The molecule has 2 aromatic rings. The Hall–Kier alpha value is -2.43. The number of nitrogens with zero attached hydrogens (tertiary/aromatic N) is 1. The fourth-order valence-electron chi connectivity index (χ4n) is 3.61. The maximum atomic E-state index is 12.5. The summed E-state index contributed by atoms with van der Waals surface area (Å²) in [5.41, 5.74) is 9.89. The standard InChI is InChI=1S/C21H29N3O2/c1-5-24(20(25)26-21(2,3)4)16-9-6-14(7-10-16)18-13-23-19-11-8-15(22)12-17(18)19/h6,8,11-13,16,23H,5,7,9-10,22H2,1-4H3. The minimum absolute atomic E-state index is 0.189. The number of benzene rings is 1. The predicted molar refractivity (Wildman–Crippen MR) is 107 cm³/mol. The first kappa shape index (κ1) is 18.4. The van der Waals surface area contributed by atoms with Crippen LogP contribution in [0.25, 0.3) is 16.5 Å². The molecule has 0 spiro atoms. The van der Waals surface area contributed by atoms with Crippen molar-refractivity contribution >= 4 is 28.3 Å². The normalized spacial score (nSPS) is 17.8. The number of hydrogen-bond donors (Lipinski definition) is 2. The number of ether oxygens (including phenoxy) is 1. The first-order chi connectivity index (χ1) is 12.3. The lowest BCUT2D eigenvalue weighted by Gasteiger charge is -2.34. The summed E-state index contributed by atoms with van der Waals surface area (Å²) in [5, 5.41) is 1.16. The molecule has 1 aliphatic rings. The molecule has 1 aromatic carbocycles. The number of carbonyl (C=O) groups is 1. The van der Waals surface area contributed by atoms with Crippen LogP contribution >= 0.6 is 0 Å². The van der Waals surface area contributed by atoms with Crippen LogP contribution in [-0.4, -0.2) is 34.2 Å². The van der Waals surface area contributed by atoms with Gasteiger partial charge in [0.25, 0.3) is 0 Å². The molecule has 0 fully saturated rings. The molecule has 140 valence electrons. The Morgan fingerprint density at radius 1 is 1.38 bits per heavy atom. The third-order valence-electron chi connectivity index (χ3n) is 4.84. The van der Waals surface area contributed by atoms with Crippen LogP contribution < -0.4 is 5.73 Å². The number of rotatable bonds is 3. The zero-order chi connectivity index (χ0) is 18.9. The van der Waals surface area contributed by atoms with E-state index in [0.717, 1.165) is 35.9 Å². The number of amides is 1. The molecular formula is C21H29N3O2. The lowest BCUT2D eigenvalue weighted by molar-refractivity contribution is 0.0165. The molecular weight excluding hydrogens is 326 g/mol. The average Bonchev–Trinajstić information content (AvgIpc) is 2.97. The van der Waals surface area contributed by atoms with Gasteiger partial charge in [0.1, 0.15) is 5.60 Å². The van der Waals surface area contributed by atoms with E-state index in [1.165, 1.54) is 11.1 Å². The zero-order valence-electron chi connectivity index (χ0n) is 16.1. The molecule has 0 aliphatic heterocycles. The molecule has 0 bridgehead atoms. The molecule has 1 amide bonds. The van der Waals surface area contributed by atoms with Crippen molar-refractivity contribution in [3.05, 3.63) is 36.0 Å². The fourth-order valence-corrected chi connectivity index (χ4v) is 3.61. The molecule has 0 saturated heterocycles. The summed E-state index contributed by atoms with van der Waals surface area (Å²) < 4.78 is 5.56. The van der Waals surface area contributed by atoms with Gasteiger partial charge in [-0.2, -0.15) is 0 Å². The van der Waals surface area contributed by atoms with Gasteiger partial charge in [-0.15, -0.1) is 0 Å². The number of hydrogen-bond acceptors (Lipinski definition) is 3. The molecule has 1 heterocycles. The highest BCUT2D eigenvalue weighted by molar-refractivity contribution is 5.94. The number of anilines is 1. The summed E-state index contributed by atoms with van der Waals surface area (Å²) in [4.78, 5) is 17.6. The van der Waals surface area contributed by atoms with E-state index in [1.807, 2.05) is 50.8 Å². The summed E-state index contributed by atoms with van der Waals surface area (Å²) in [6, 6.07) is 6.14. The number of fused-ring (bicyclic) bond motifs is 1. The Balaban J connectivity index is 1.76. The maximum absolute atomic E-state index is 12.5. The van der Waals surface area contributed by atoms with Gasteiger partial charge in [0.05, 0.1) is 0 Å². The number of aromatic nitrogens is 1. The molecule has 3 rings (SSSR count). The van der Waals surface area contributed by atoms with Crippen LogP contribution in [0.15, 0.2) is 30.5 Å². The van der Waals surface area contributed by atoms with Gasteiger partial charge in [-0.05, 0) is 70.7 Å². The van der Waals surface area contributed by atoms with Gasteiger partial charge in [0.15, 0.2) is 0 Å². The second kappa shape index (κ2) is 7.06. The Morgan fingerprint density at radius 3 is 2.77 bits per heavy atom. The Morgan fingerprint density at radius 2 is 2.15 bits per heavy atom. The van der Waals surface area contributed by atoms with Crippen molar-refractivity contribution in [2.75, 3.05) is 12.3 Å². The maximum Gasteiger partial charge on any atom is 0.410 e. The molecule has 0 saturated carbocycles. The van der Waals surface area contributed by atoms with Crippen LogP contribution in [0.3, 0.4) is 0 Å². The number of aromatic amines is 1. The monoisotopic (exact) mass is 355 g/mol. The van der Waals surface area contributed by atoms with E-state index in [9.17, 15) is 4.79 Å². The first-order valence-corrected chi connectivity index (χ1v) is 9.34. The van der Waals surface area contributed by atoms with Crippen LogP contribution in [0.1, 0.15) is 52.5 Å². The van der Waals surface area contributed by atoms with E-state index in [2.05, 4.69) is 17.3 Å². The van der Waals surface area contributed by atoms with Gasteiger partial charge in [-0.3, -0.25) is 0 Å². The van der Waals surface area contributed by atoms with E-state index in [0.29, 0.717) is 6.54 Å². The lowest BCUT2D eigenvalue weighted by Crippen LogP contribution is -2.43. The Labute approximate surface area is 155 Å². The second-order valence-electron chi connectivity index (χ2n) is 7.93. The van der Waals surface area contributed by atoms with Crippen molar-refractivity contribution in [3.8, 4) is 0 Å². The first-order valence-electron chi connectivity index (χ1n) is 9.34. The van der Waals surface area contributed by atoms with Gasteiger partial charge in [0.2, 0.25) is 0 Å². The third kappa shape index (κ3) is 3.87. The summed E-state index contributed by atoms with van der Waals surface area (Å²) >= 11 is 0. The number of allylic oxidation sites excluding steroid dienone is 1. The van der Waals surface area contributed by atoms with E-state index >= 15 is 0 Å². The van der Waals surface area contributed by atoms with Crippen LogP contribution in [0.2, 0.25) is 0 Å². The van der Waals surface area contributed by atoms with E-state index in [4.69, 9.17) is 10.5 Å². The largest absolute Gasteiger partial charge is 0.444 e. The molecule has 26 heavy (non-hydrogen) atoms. The summed E-state index contributed by atoms with van der Waals surface area (Å²) in [5.74, 6) is 0. The molecule has 5 nitrogen and oxygen atoms in total. The van der Waals surface area contributed by atoms with E-state index < -0.39 is 5.60 Å². The van der Waals surface area contributed by atoms with Gasteiger partial charge >= 0.3 is 6.09 Å². The van der Waals surface area contributed by atoms with Crippen molar-refractivity contribution in [3.63, 3.8) is 0 Å². The van der Waals surface area contributed by atoms with Gasteiger partial charge in [-0.1, -0.05) is 6.08 Å². The van der Waals surface area contributed by atoms with Gasteiger partial charge in [-0.25, -0.2) is 4.79 Å². The lowest BCUT2D eigenvalue weighted by atomic mass is 9.90. The van der Waals surface area contributed by atoms with E-state index in [-0.39, 0.29) is 12.1 Å². The van der Waals surface area contributed by atoms with E-state index in [1.54, 1.807) is 0 Å². The van der Waals surface area contributed by atoms with Crippen LogP contribution in [0, 0.1) is 0 Å². The van der Waals surface area contributed by atoms with Crippen LogP contribution in [0.5, 0.6) is 0 Å². The summed E-state index contributed by atoms with van der Waals surface area (Å²) in [6.07, 6.45) is 6.81. The minimum Gasteiger partial charge on any atom is -0.444 e. The second-order valence-corrected chi connectivity index (χ2v) is 7.93. The summed E-state index contributed by atoms with van der Waals surface area (Å²) in [6.45, 7) is 8.37. The third-order valence-corrected chi connectivity index (χ3v) is 4.84. The highest BCUT2D eigenvalue weighted by Gasteiger charge is 2.28. The van der Waals surface area contributed by atoms with Gasteiger partial charge < -0.3 is 20.4 Å². The number of nitrogens with two attached hydrogens (primary N) is 1. The van der Waals surface area contributed by atoms with Crippen molar-refractivity contribution < 1.29 is 9.53 Å². The van der Waals surface area contributed by atoms with Crippen LogP contribution in [0.4, 0.5) is 10.5 Å². The van der Waals surface area contributed by atoms with Crippen LogP contribution in [-0.2, 0) is 4.74 Å². The zero-order valence-corrected chi connectivity index (χ0v) is 16.1. The number of H-pyrrole nitrogens is 1.